The van der Waals surface area contributed by atoms with Gasteiger partial charge in [-0.2, -0.15) is 0 Å². The first kappa shape index (κ1) is 13.3. The second-order valence-electron chi connectivity index (χ2n) is 4.32. The van der Waals surface area contributed by atoms with E-state index in [2.05, 4.69) is 9.88 Å². The number of anilines is 1. The van der Waals surface area contributed by atoms with Gasteiger partial charge >= 0.3 is 0 Å². The van der Waals surface area contributed by atoms with Crippen LogP contribution in [0.5, 0.6) is 0 Å². The lowest BCUT2D eigenvalue weighted by atomic mass is 10.2. The summed E-state index contributed by atoms with van der Waals surface area (Å²) in [5, 5.41) is 3.92. The van der Waals surface area contributed by atoms with Gasteiger partial charge in [-0.15, -0.1) is 0 Å². The summed E-state index contributed by atoms with van der Waals surface area (Å²) in [4.78, 5) is 10.9. The highest BCUT2D eigenvalue weighted by molar-refractivity contribution is 7.92. The Morgan fingerprint density at radius 2 is 1.86 bits per heavy atom. The predicted molar refractivity (Wildman–Crippen MR) is 76.6 cm³/mol. The third-order valence-corrected chi connectivity index (χ3v) is 4.30. The lowest BCUT2D eigenvalue weighted by Gasteiger charge is -2.07. The van der Waals surface area contributed by atoms with Gasteiger partial charge in [-0.25, -0.2) is 8.42 Å². The smallest absolute Gasteiger partial charge is 0.261 e. The zero-order valence-corrected chi connectivity index (χ0v) is 11.5. The van der Waals surface area contributed by atoms with Gasteiger partial charge in [0, 0.05) is 5.69 Å². The van der Waals surface area contributed by atoms with Crippen LogP contribution in [0.4, 0.5) is 5.69 Å². The van der Waals surface area contributed by atoms with E-state index in [9.17, 15) is 13.2 Å². The molecule has 0 fully saturated rings. The Kier molecular flexibility index (Phi) is 3.19. The van der Waals surface area contributed by atoms with Crippen molar-refractivity contribution < 1.29 is 17.7 Å². The molecule has 1 heterocycles. The van der Waals surface area contributed by atoms with Crippen molar-refractivity contribution in [2.24, 2.45) is 0 Å². The molecule has 1 aromatic heterocycles. The van der Waals surface area contributed by atoms with E-state index >= 15 is 0 Å². The van der Waals surface area contributed by atoms with Gasteiger partial charge in [0.2, 0.25) is 0 Å². The monoisotopic (exact) mass is 302 g/mol. The lowest BCUT2D eigenvalue weighted by molar-refractivity contribution is 0.111. The van der Waals surface area contributed by atoms with Gasteiger partial charge in [0.25, 0.3) is 10.0 Å². The fraction of sp³-hybridized carbons (Fsp3) is 0. The summed E-state index contributed by atoms with van der Waals surface area (Å²) in [5.74, 6) is 0. The predicted octanol–water partition coefficient (Wildman–Crippen LogP) is 2.44. The van der Waals surface area contributed by atoms with Crippen LogP contribution in [-0.4, -0.2) is 19.9 Å². The summed E-state index contributed by atoms with van der Waals surface area (Å²) >= 11 is 0. The van der Waals surface area contributed by atoms with Crippen LogP contribution < -0.4 is 4.72 Å². The Labute approximate surface area is 120 Å². The molecule has 7 heteroatoms. The zero-order chi connectivity index (χ0) is 14.9. The summed E-state index contributed by atoms with van der Waals surface area (Å²) in [6.07, 6.45) is 0.521. The quantitative estimate of drug-likeness (QED) is 0.748. The summed E-state index contributed by atoms with van der Waals surface area (Å²) in [5.41, 5.74) is 0.885. The van der Waals surface area contributed by atoms with E-state index in [-0.39, 0.29) is 10.6 Å². The molecule has 0 saturated heterocycles. The van der Waals surface area contributed by atoms with E-state index in [1.54, 1.807) is 30.3 Å². The SMILES string of the molecule is O=Cc1noc2ccc(S(=O)(=O)Nc3ccccc3)cc12. The number of carbonyl (C=O) groups excluding carboxylic acids is 1. The van der Waals surface area contributed by atoms with Crippen LogP contribution in [0.1, 0.15) is 10.5 Å². The van der Waals surface area contributed by atoms with Gasteiger partial charge in [0.1, 0.15) is 0 Å². The highest BCUT2D eigenvalue weighted by Crippen LogP contribution is 2.23. The van der Waals surface area contributed by atoms with Crippen LogP contribution in [-0.2, 0) is 10.0 Å². The van der Waals surface area contributed by atoms with Crippen LogP contribution >= 0.6 is 0 Å². The molecule has 2 aromatic carbocycles. The van der Waals surface area contributed by atoms with Gasteiger partial charge in [-0.1, -0.05) is 23.4 Å². The normalized spacial score (nSPS) is 11.4. The van der Waals surface area contributed by atoms with Gasteiger partial charge < -0.3 is 4.52 Å². The van der Waals surface area contributed by atoms with Crippen molar-refractivity contribution in [2.75, 3.05) is 4.72 Å². The average Bonchev–Trinajstić information content (AvgIpc) is 2.90. The van der Waals surface area contributed by atoms with Gasteiger partial charge in [-0.3, -0.25) is 9.52 Å². The summed E-state index contributed by atoms with van der Waals surface area (Å²) in [7, 11) is -3.74. The highest BCUT2D eigenvalue weighted by atomic mass is 32.2. The molecule has 3 aromatic rings. The number of aldehydes is 1. The highest BCUT2D eigenvalue weighted by Gasteiger charge is 2.17. The Bertz CT molecular complexity index is 901. The molecule has 0 amide bonds. The number of aromatic nitrogens is 1. The van der Waals surface area contributed by atoms with E-state index in [0.717, 1.165) is 0 Å². The standard InChI is InChI=1S/C14H10N2O4S/c17-9-13-12-8-11(6-7-14(12)20-15-13)21(18,19)16-10-4-2-1-3-5-10/h1-9,16H. The number of fused-ring (bicyclic) bond motifs is 1. The number of benzene rings is 2. The first-order chi connectivity index (χ1) is 10.1. The zero-order valence-electron chi connectivity index (χ0n) is 10.7. The minimum absolute atomic E-state index is 0.0325. The molecule has 0 radical (unpaired) electrons. The molecule has 0 spiro atoms. The van der Waals surface area contributed by atoms with Crippen LogP contribution in [0.25, 0.3) is 11.0 Å². The molecule has 0 bridgehead atoms. The first-order valence-corrected chi connectivity index (χ1v) is 7.51. The number of hydrogen-bond acceptors (Lipinski definition) is 5. The number of nitrogens with zero attached hydrogens (tertiary/aromatic N) is 1. The largest absolute Gasteiger partial charge is 0.356 e. The van der Waals surface area contributed by atoms with Crippen LogP contribution in [0.3, 0.4) is 0 Å². The average molecular weight is 302 g/mol. The molecular weight excluding hydrogens is 292 g/mol. The van der Waals surface area contributed by atoms with E-state index in [0.29, 0.717) is 22.9 Å². The summed E-state index contributed by atoms with van der Waals surface area (Å²) in [6.45, 7) is 0. The Morgan fingerprint density at radius 1 is 1.10 bits per heavy atom. The third-order valence-electron chi connectivity index (χ3n) is 2.92. The van der Waals surface area contributed by atoms with Crippen molar-refractivity contribution in [2.45, 2.75) is 4.90 Å². The fourth-order valence-electron chi connectivity index (χ4n) is 1.91. The topological polar surface area (TPSA) is 89.3 Å². The minimum atomic E-state index is -3.74. The van der Waals surface area contributed by atoms with Crippen LogP contribution in [0.2, 0.25) is 0 Å². The van der Waals surface area contributed by atoms with Crippen molar-refractivity contribution in [3.05, 3.63) is 54.2 Å². The van der Waals surface area contributed by atoms with Gasteiger partial charge in [-0.05, 0) is 30.3 Å². The van der Waals surface area contributed by atoms with Crippen LogP contribution in [0, 0.1) is 0 Å². The Balaban J connectivity index is 2.04. The molecule has 6 nitrogen and oxygen atoms in total. The van der Waals surface area contributed by atoms with Crippen molar-refractivity contribution in [3.63, 3.8) is 0 Å². The van der Waals surface area contributed by atoms with Crippen molar-refractivity contribution in [3.8, 4) is 0 Å². The number of sulfonamides is 1. The van der Waals surface area contributed by atoms with E-state index < -0.39 is 10.0 Å². The molecule has 0 aliphatic rings. The molecule has 0 atom stereocenters. The molecule has 3 rings (SSSR count). The van der Waals surface area contributed by atoms with E-state index in [4.69, 9.17) is 4.52 Å². The number of para-hydroxylation sites is 1. The number of rotatable bonds is 4. The fourth-order valence-corrected chi connectivity index (χ4v) is 2.99. The number of carbonyl (C=O) groups is 1. The maximum Gasteiger partial charge on any atom is 0.261 e. The van der Waals surface area contributed by atoms with E-state index in [1.165, 1.54) is 18.2 Å². The molecule has 0 aliphatic heterocycles. The van der Waals surface area contributed by atoms with E-state index in [1.807, 2.05) is 0 Å². The molecule has 0 aliphatic carbocycles. The first-order valence-electron chi connectivity index (χ1n) is 6.02. The molecule has 0 unspecified atom stereocenters. The Morgan fingerprint density at radius 3 is 2.57 bits per heavy atom. The summed E-state index contributed by atoms with van der Waals surface area (Å²) < 4.78 is 32.0. The minimum Gasteiger partial charge on any atom is -0.356 e. The van der Waals surface area contributed by atoms with Gasteiger partial charge in [0.05, 0.1) is 10.3 Å². The molecule has 1 N–H and O–H groups in total. The lowest BCUT2D eigenvalue weighted by Crippen LogP contribution is -2.12. The molecule has 0 saturated carbocycles. The maximum atomic E-state index is 12.3. The second-order valence-corrected chi connectivity index (χ2v) is 6.00. The summed E-state index contributed by atoms with van der Waals surface area (Å²) in [6, 6.07) is 12.8. The molecule has 106 valence electrons. The number of hydrogen-bond donors (Lipinski definition) is 1. The Hall–Kier alpha value is -2.67. The molecule has 21 heavy (non-hydrogen) atoms. The van der Waals surface area contributed by atoms with Crippen molar-refractivity contribution in [1.29, 1.82) is 0 Å². The molecular formula is C14H10N2O4S. The van der Waals surface area contributed by atoms with Crippen molar-refractivity contribution in [1.82, 2.24) is 5.16 Å². The second kappa shape index (κ2) is 5.02. The maximum absolute atomic E-state index is 12.3. The van der Waals surface area contributed by atoms with Crippen LogP contribution in [0.15, 0.2) is 57.9 Å². The van der Waals surface area contributed by atoms with Gasteiger partial charge in [0.15, 0.2) is 17.6 Å². The number of nitrogens with one attached hydrogen (secondary N) is 1. The van der Waals surface area contributed by atoms with Crippen molar-refractivity contribution >= 4 is 33.0 Å². The third kappa shape index (κ3) is 2.50.